The Morgan fingerprint density at radius 1 is 1.39 bits per heavy atom. The zero-order chi connectivity index (χ0) is 13.1. The summed E-state index contributed by atoms with van der Waals surface area (Å²) in [5.74, 6) is 0.0462. The molecule has 4 nitrogen and oxygen atoms in total. The molecule has 0 bridgehead atoms. The predicted octanol–water partition coefficient (Wildman–Crippen LogP) is 1.54. The molecule has 2 rings (SSSR count). The number of nitrogens with two attached hydrogens (primary N) is 1. The van der Waals surface area contributed by atoms with Crippen molar-refractivity contribution in [3.05, 3.63) is 29.3 Å². The molecule has 1 saturated heterocycles. The Morgan fingerprint density at radius 3 is 2.67 bits per heavy atom. The van der Waals surface area contributed by atoms with Gasteiger partial charge in [-0.1, -0.05) is 12.1 Å². The summed E-state index contributed by atoms with van der Waals surface area (Å²) in [7, 11) is 0. The van der Waals surface area contributed by atoms with E-state index in [4.69, 9.17) is 10.5 Å². The number of rotatable bonds is 2. The summed E-state index contributed by atoms with van der Waals surface area (Å²) in [6.07, 6.45) is 0. The van der Waals surface area contributed by atoms with Gasteiger partial charge in [0.1, 0.15) is 0 Å². The van der Waals surface area contributed by atoms with E-state index in [9.17, 15) is 4.79 Å². The Balaban J connectivity index is 2.11. The minimum absolute atomic E-state index is 0.123. The predicted molar refractivity (Wildman–Crippen MR) is 71.4 cm³/mol. The molecule has 1 aromatic carbocycles. The van der Waals surface area contributed by atoms with E-state index in [1.54, 1.807) is 0 Å². The zero-order valence-electron chi connectivity index (χ0n) is 11.0. The van der Waals surface area contributed by atoms with E-state index >= 15 is 0 Å². The van der Waals surface area contributed by atoms with Crippen molar-refractivity contribution in [1.29, 1.82) is 0 Å². The number of carbonyl (C=O) groups is 1. The molecule has 0 aromatic heterocycles. The van der Waals surface area contributed by atoms with Gasteiger partial charge in [0.2, 0.25) is 5.91 Å². The number of anilines is 1. The molecule has 1 aromatic rings. The number of ether oxygens (including phenoxy) is 1. The quantitative estimate of drug-likeness (QED) is 0.808. The standard InChI is InChI=1S/C14H20N2O2/c1-10-9-12(3-4-13(10)15)11(2)14(17)16-5-7-18-8-6-16/h3-4,9,11H,5-8,15H2,1-2H3. The largest absolute Gasteiger partial charge is 0.399 e. The average Bonchev–Trinajstić information content (AvgIpc) is 2.41. The first kappa shape index (κ1) is 12.9. The summed E-state index contributed by atoms with van der Waals surface area (Å²) in [5, 5.41) is 0. The van der Waals surface area contributed by atoms with Crippen LogP contribution in [0.3, 0.4) is 0 Å². The Labute approximate surface area is 108 Å². The van der Waals surface area contributed by atoms with Crippen LogP contribution in [-0.2, 0) is 9.53 Å². The van der Waals surface area contributed by atoms with Crippen molar-refractivity contribution < 1.29 is 9.53 Å². The highest BCUT2D eigenvalue weighted by Crippen LogP contribution is 2.22. The van der Waals surface area contributed by atoms with E-state index in [1.807, 2.05) is 36.9 Å². The molecule has 0 spiro atoms. The van der Waals surface area contributed by atoms with Crippen LogP contribution in [0.5, 0.6) is 0 Å². The number of morpholine rings is 1. The molecule has 1 aliphatic heterocycles. The molecule has 18 heavy (non-hydrogen) atoms. The van der Waals surface area contributed by atoms with Crippen LogP contribution in [-0.4, -0.2) is 37.1 Å². The number of nitrogens with zero attached hydrogens (tertiary/aromatic N) is 1. The van der Waals surface area contributed by atoms with Gasteiger partial charge in [-0.2, -0.15) is 0 Å². The fourth-order valence-electron chi connectivity index (χ4n) is 2.17. The number of aryl methyl sites for hydroxylation is 1. The minimum atomic E-state index is -0.123. The lowest BCUT2D eigenvalue weighted by atomic mass is 9.97. The zero-order valence-corrected chi connectivity index (χ0v) is 11.0. The van der Waals surface area contributed by atoms with Gasteiger partial charge in [-0.3, -0.25) is 4.79 Å². The van der Waals surface area contributed by atoms with E-state index in [0.717, 1.165) is 16.8 Å². The Hall–Kier alpha value is -1.55. The third-order valence-electron chi connectivity index (χ3n) is 3.49. The molecule has 98 valence electrons. The lowest BCUT2D eigenvalue weighted by molar-refractivity contribution is -0.136. The number of carbonyl (C=O) groups excluding carboxylic acids is 1. The van der Waals surface area contributed by atoms with Gasteiger partial charge in [-0.05, 0) is 31.0 Å². The van der Waals surface area contributed by atoms with Gasteiger partial charge >= 0.3 is 0 Å². The SMILES string of the molecule is Cc1cc(C(C)C(=O)N2CCOCC2)ccc1N. The molecule has 1 aliphatic rings. The van der Waals surface area contributed by atoms with Crippen LogP contribution >= 0.6 is 0 Å². The first-order valence-electron chi connectivity index (χ1n) is 6.32. The number of amides is 1. The smallest absolute Gasteiger partial charge is 0.229 e. The number of hydrogen-bond donors (Lipinski definition) is 1. The van der Waals surface area contributed by atoms with Crippen molar-refractivity contribution in [1.82, 2.24) is 4.90 Å². The number of nitrogen functional groups attached to an aromatic ring is 1. The number of benzene rings is 1. The molecular formula is C14H20N2O2. The molecule has 0 aliphatic carbocycles. The van der Waals surface area contributed by atoms with Crippen molar-refractivity contribution in [3.63, 3.8) is 0 Å². The topological polar surface area (TPSA) is 55.6 Å². The van der Waals surface area contributed by atoms with Crippen molar-refractivity contribution in [3.8, 4) is 0 Å². The normalized spacial score (nSPS) is 17.6. The Kier molecular flexibility index (Phi) is 3.87. The average molecular weight is 248 g/mol. The monoisotopic (exact) mass is 248 g/mol. The second-order valence-corrected chi connectivity index (χ2v) is 4.78. The molecule has 2 N–H and O–H groups in total. The summed E-state index contributed by atoms with van der Waals surface area (Å²) >= 11 is 0. The highest BCUT2D eigenvalue weighted by molar-refractivity contribution is 5.83. The number of hydrogen-bond acceptors (Lipinski definition) is 3. The maximum atomic E-state index is 12.3. The Morgan fingerprint density at radius 2 is 2.06 bits per heavy atom. The fraction of sp³-hybridized carbons (Fsp3) is 0.500. The van der Waals surface area contributed by atoms with E-state index in [2.05, 4.69) is 0 Å². The van der Waals surface area contributed by atoms with Crippen molar-refractivity contribution in [2.24, 2.45) is 0 Å². The molecule has 1 atom stereocenters. The van der Waals surface area contributed by atoms with Crippen LogP contribution in [0.25, 0.3) is 0 Å². The van der Waals surface area contributed by atoms with E-state index in [-0.39, 0.29) is 11.8 Å². The molecular weight excluding hydrogens is 228 g/mol. The van der Waals surface area contributed by atoms with Gasteiger partial charge in [0.15, 0.2) is 0 Å². The van der Waals surface area contributed by atoms with E-state index in [1.165, 1.54) is 0 Å². The summed E-state index contributed by atoms with van der Waals surface area (Å²) in [5.41, 5.74) is 8.61. The second kappa shape index (κ2) is 5.40. The van der Waals surface area contributed by atoms with Crippen LogP contribution < -0.4 is 5.73 Å². The molecule has 1 heterocycles. The van der Waals surface area contributed by atoms with Crippen LogP contribution in [0.1, 0.15) is 24.0 Å². The maximum absolute atomic E-state index is 12.3. The lowest BCUT2D eigenvalue weighted by Crippen LogP contribution is -2.42. The third kappa shape index (κ3) is 2.64. The van der Waals surface area contributed by atoms with Crippen molar-refractivity contribution >= 4 is 11.6 Å². The van der Waals surface area contributed by atoms with Crippen LogP contribution in [0.4, 0.5) is 5.69 Å². The molecule has 4 heteroatoms. The highest BCUT2D eigenvalue weighted by atomic mass is 16.5. The second-order valence-electron chi connectivity index (χ2n) is 4.78. The van der Waals surface area contributed by atoms with E-state index < -0.39 is 0 Å². The molecule has 1 amide bonds. The maximum Gasteiger partial charge on any atom is 0.229 e. The van der Waals surface area contributed by atoms with Crippen molar-refractivity contribution in [2.45, 2.75) is 19.8 Å². The van der Waals surface area contributed by atoms with Gasteiger partial charge in [0.05, 0.1) is 19.1 Å². The van der Waals surface area contributed by atoms with Crippen LogP contribution in [0.15, 0.2) is 18.2 Å². The van der Waals surface area contributed by atoms with Gasteiger partial charge in [-0.25, -0.2) is 0 Å². The summed E-state index contributed by atoms with van der Waals surface area (Å²) in [4.78, 5) is 14.2. The molecule has 0 radical (unpaired) electrons. The van der Waals surface area contributed by atoms with Crippen molar-refractivity contribution in [2.75, 3.05) is 32.0 Å². The van der Waals surface area contributed by atoms with Gasteiger partial charge in [0.25, 0.3) is 0 Å². The van der Waals surface area contributed by atoms with E-state index in [0.29, 0.717) is 26.3 Å². The molecule has 1 unspecified atom stereocenters. The lowest BCUT2D eigenvalue weighted by Gasteiger charge is -2.29. The summed E-state index contributed by atoms with van der Waals surface area (Å²) in [6.45, 7) is 6.57. The highest BCUT2D eigenvalue weighted by Gasteiger charge is 2.23. The summed E-state index contributed by atoms with van der Waals surface area (Å²) < 4.78 is 5.26. The van der Waals surface area contributed by atoms with Gasteiger partial charge in [0, 0.05) is 18.8 Å². The third-order valence-corrected chi connectivity index (χ3v) is 3.49. The molecule has 1 fully saturated rings. The first-order valence-corrected chi connectivity index (χ1v) is 6.32. The first-order chi connectivity index (χ1) is 8.59. The van der Waals surface area contributed by atoms with Crippen LogP contribution in [0.2, 0.25) is 0 Å². The van der Waals surface area contributed by atoms with Gasteiger partial charge < -0.3 is 15.4 Å². The minimum Gasteiger partial charge on any atom is -0.399 e. The summed E-state index contributed by atoms with van der Waals surface area (Å²) in [6, 6.07) is 5.80. The fourth-order valence-corrected chi connectivity index (χ4v) is 2.17. The molecule has 0 saturated carbocycles. The van der Waals surface area contributed by atoms with Gasteiger partial charge in [-0.15, -0.1) is 0 Å². The van der Waals surface area contributed by atoms with Crippen LogP contribution in [0, 0.1) is 6.92 Å². The Bertz CT molecular complexity index is 439.